The molecule has 7 heteroatoms. The summed E-state index contributed by atoms with van der Waals surface area (Å²) in [6, 6.07) is 16.3. The Hall–Kier alpha value is -2.86. The molecular formula is C23H16ClF4NO. The summed E-state index contributed by atoms with van der Waals surface area (Å²) in [6.45, 7) is 1.83. The number of hydrogen-bond acceptors (Lipinski definition) is 2. The van der Waals surface area contributed by atoms with Crippen molar-refractivity contribution in [3.63, 3.8) is 0 Å². The molecule has 2 unspecified atom stereocenters. The SMILES string of the molecule is CC1OC(c2c(F)cccc2Cl)=NC1c1ccc(-c2ccc(C(F)(F)F)cc2)cc1. The molecule has 0 saturated carbocycles. The van der Waals surface area contributed by atoms with Crippen LogP contribution in [0.3, 0.4) is 0 Å². The van der Waals surface area contributed by atoms with E-state index in [1.54, 1.807) is 6.07 Å². The van der Waals surface area contributed by atoms with E-state index >= 15 is 0 Å². The van der Waals surface area contributed by atoms with Gasteiger partial charge in [0.1, 0.15) is 18.0 Å². The van der Waals surface area contributed by atoms with Crippen LogP contribution >= 0.6 is 11.6 Å². The third-order valence-corrected chi connectivity index (χ3v) is 5.29. The monoisotopic (exact) mass is 433 g/mol. The second kappa shape index (κ2) is 7.76. The Morgan fingerprint density at radius 2 is 1.50 bits per heavy atom. The van der Waals surface area contributed by atoms with Crippen molar-refractivity contribution in [2.24, 2.45) is 4.99 Å². The molecule has 4 rings (SSSR count). The molecule has 154 valence electrons. The van der Waals surface area contributed by atoms with Gasteiger partial charge in [0, 0.05) is 0 Å². The smallest absolute Gasteiger partial charge is 0.416 e. The quantitative estimate of drug-likeness (QED) is 0.405. The van der Waals surface area contributed by atoms with Crippen LogP contribution in [-0.2, 0) is 10.9 Å². The van der Waals surface area contributed by atoms with Crippen molar-refractivity contribution in [1.82, 2.24) is 0 Å². The zero-order chi connectivity index (χ0) is 21.5. The molecule has 3 aromatic carbocycles. The van der Waals surface area contributed by atoms with Gasteiger partial charge < -0.3 is 4.74 Å². The minimum atomic E-state index is -4.36. The topological polar surface area (TPSA) is 21.6 Å². The minimum Gasteiger partial charge on any atom is -0.472 e. The van der Waals surface area contributed by atoms with Crippen LogP contribution in [0.1, 0.15) is 29.7 Å². The first kappa shape index (κ1) is 20.4. The first-order valence-corrected chi connectivity index (χ1v) is 9.58. The van der Waals surface area contributed by atoms with E-state index < -0.39 is 17.6 Å². The number of ether oxygens (including phenoxy) is 1. The highest BCUT2D eigenvalue weighted by Gasteiger charge is 2.32. The molecule has 0 aliphatic carbocycles. The molecule has 0 saturated heterocycles. The molecule has 1 heterocycles. The third-order valence-electron chi connectivity index (χ3n) is 4.97. The van der Waals surface area contributed by atoms with Gasteiger partial charge in [0.25, 0.3) is 0 Å². The van der Waals surface area contributed by atoms with E-state index in [-0.39, 0.29) is 28.6 Å². The Morgan fingerprint density at radius 3 is 2.07 bits per heavy atom. The molecule has 0 aromatic heterocycles. The Labute approximate surface area is 175 Å². The van der Waals surface area contributed by atoms with Gasteiger partial charge in [0.2, 0.25) is 5.90 Å². The van der Waals surface area contributed by atoms with Crippen LogP contribution in [0.4, 0.5) is 17.6 Å². The average Bonchev–Trinajstić information content (AvgIpc) is 3.08. The molecule has 3 aromatic rings. The van der Waals surface area contributed by atoms with Gasteiger partial charge >= 0.3 is 6.18 Å². The van der Waals surface area contributed by atoms with Crippen LogP contribution in [0.15, 0.2) is 71.7 Å². The lowest BCUT2D eigenvalue weighted by molar-refractivity contribution is -0.137. The molecule has 0 fully saturated rings. The molecule has 1 aliphatic rings. The van der Waals surface area contributed by atoms with Gasteiger partial charge in [-0.3, -0.25) is 0 Å². The minimum absolute atomic E-state index is 0.134. The zero-order valence-electron chi connectivity index (χ0n) is 15.8. The van der Waals surface area contributed by atoms with Crippen molar-refractivity contribution in [2.75, 3.05) is 0 Å². The Balaban J connectivity index is 1.59. The second-order valence-electron chi connectivity index (χ2n) is 7.00. The highest BCUT2D eigenvalue weighted by atomic mass is 35.5. The van der Waals surface area contributed by atoms with E-state index in [1.807, 2.05) is 31.2 Å². The van der Waals surface area contributed by atoms with Crippen molar-refractivity contribution in [1.29, 1.82) is 0 Å². The van der Waals surface area contributed by atoms with E-state index in [2.05, 4.69) is 4.99 Å². The van der Waals surface area contributed by atoms with Gasteiger partial charge in [-0.05, 0) is 47.9 Å². The predicted molar refractivity (Wildman–Crippen MR) is 108 cm³/mol. The lowest BCUT2D eigenvalue weighted by Crippen LogP contribution is -2.13. The van der Waals surface area contributed by atoms with E-state index in [0.29, 0.717) is 5.56 Å². The fourth-order valence-electron chi connectivity index (χ4n) is 3.40. The van der Waals surface area contributed by atoms with Gasteiger partial charge in [-0.2, -0.15) is 13.2 Å². The Bertz CT molecular complexity index is 1070. The van der Waals surface area contributed by atoms with Crippen molar-refractivity contribution >= 4 is 17.5 Å². The summed E-state index contributed by atoms with van der Waals surface area (Å²) in [6.07, 6.45) is -4.69. The lowest BCUT2D eigenvalue weighted by Gasteiger charge is -2.14. The normalized spacial score (nSPS) is 18.8. The Morgan fingerprint density at radius 1 is 0.900 bits per heavy atom. The fourth-order valence-corrected chi connectivity index (χ4v) is 3.64. The van der Waals surface area contributed by atoms with Crippen LogP contribution in [0.2, 0.25) is 5.02 Å². The molecule has 0 radical (unpaired) electrons. The molecule has 0 bridgehead atoms. The summed E-state index contributed by atoms with van der Waals surface area (Å²) in [5, 5.41) is 0.222. The number of aliphatic imine (C=N–C) groups is 1. The number of benzene rings is 3. The van der Waals surface area contributed by atoms with Crippen molar-refractivity contribution < 1.29 is 22.3 Å². The molecule has 2 nitrogen and oxygen atoms in total. The van der Waals surface area contributed by atoms with E-state index in [9.17, 15) is 17.6 Å². The first-order chi connectivity index (χ1) is 14.2. The number of halogens is 5. The van der Waals surface area contributed by atoms with Gasteiger partial charge in [-0.1, -0.05) is 54.1 Å². The first-order valence-electron chi connectivity index (χ1n) is 9.20. The molecule has 30 heavy (non-hydrogen) atoms. The average molecular weight is 434 g/mol. The number of alkyl halides is 3. The molecule has 1 aliphatic heterocycles. The van der Waals surface area contributed by atoms with Crippen LogP contribution in [0, 0.1) is 5.82 Å². The van der Waals surface area contributed by atoms with Gasteiger partial charge in [0.15, 0.2) is 0 Å². The predicted octanol–water partition coefficient (Wildman–Crippen LogP) is 7.07. The summed E-state index contributed by atoms with van der Waals surface area (Å²) >= 11 is 6.11. The van der Waals surface area contributed by atoms with Crippen LogP contribution in [0.25, 0.3) is 11.1 Å². The number of rotatable bonds is 3. The molecular weight excluding hydrogens is 418 g/mol. The maximum absolute atomic E-state index is 14.2. The fraction of sp³-hybridized carbons (Fsp3) is 0.174. The molecule has 0 amide bonds. The summed E-state index contributed by atoms with van der Waals surface area (Å²) in [5.41, 5.74) is 1.75. The third kappa shape index (κ3) is 3.92. The van der Waals surface area contributed by atoms with Crippen LogP contribution in [0.5, 0.6) is 0 Å². The maximum Gasteiger partial charge on any atom is 0.416 e. The van der Waals surface area contributed by atoms with E-state index in [1.165, 1.54) is 24.3 Å². The summed E-state index contributed by atoms with van der Waals surface area (Å²) in [4.78, 5) is 4.52. The highest BCUT2D eigenvalue weighted by Crippen LogP contribution is 2.35. The summed E-state index contributed by atoms with van der Waals surface area (Å²) in [7, 11) is 0. The van der Waals surface area contributed by atoms with Crippen molar-refractivity contribution in [3.8, 4) is 11.1 Å². The summed E-state index contributed by atoms with van der Waals surface area (Å²) < 4.78 is 58.1. The largest absolute Gasteiger partial charge is 0.472 e. The van der Waals surface area contributed by atoms with E-state index in [4.69, 9.17) is 16.3 Å². The van der Waals surface area contributed by atoms with E-state index in [0.717, 1.165) is 23.3 Å². The standard InChI is InChI=1S/C23H16ClF4NO/c1-13-21(29-22(30-13)20-18(24)3-2-4-19(20)25)16-7-5-14(6-8-16)15-9-11-17(12-10-15)23(26,27)28/h2-13,21H,1H3. The second-order valence-corrected chi connectivity index (χ2v) is 7.40. The molecule has 0 N–H and O–H groups in total. The van der Waals surface area contributed by atoms with Crippen LogP contribution in [-0.4, -0.2) is 12.0 Å². The lowest BCUT2D eigenvalue weighted by atomic mass is 9.98. The van der Waals surface area contributed by atoms with Gasteiger partial charge in [-0.25, -0.2) is 9.38 Å². The number of nitrogens with zero attached hydrogens (tertiary/aromatic N) is 1. The maximum atomic E-state index is 14.2. The number of hydrogen-bond donors (Lipinski definition) is 0. The molecule has 2 atom stereocenters. The van der Waals surface area contributed by atoms with Crippen molar-refractivity contribution in [3.05, 3.63) is 94.3 Å². The zero-order valence-corrected chi connectivity index (χ0v) is 16.5. The highest BCUT2D eigenvalue weighted by molar-refractivity contribution is 6.33. The van der Waals surface area contributed by atoms with Gasteiger partial charge in [0.05, 0.1) is 16.1 Å². The summed E-state index contributed by atoms with van der Waals surface area (Å²) in [5.74, 6) is -0.353. The van der Waals surface area contributed by atoms with Crippen molar-refractivity contribution in [2.45, 2.75) is 25.2 Å². The van der Waals surface area contributed by atoms with Gasteiger partial charge in [-0.15, -0.1) is 0 Å². The Kier molecular flexibility index (Phi) is 5.28. The molecule has 0 spiro atoms. The van der Waals surface area contributed by atoms with Crippen LogP contribution < -0.4 is 0 Å².